The van der Waals surface area contributed by atoms with Crippen LogP contribution in [0.15, 0.2) is 84.0 Å². The molecule has 0 aliphatic heterocycles. The summed E-state index contributed by atoms with van der Waals surface area (Å²) in [5, 5.41) is 5.91. The minimum absolute atomic E-state index is 0.732. The molecule has 1 saturated carbocycles. The van der Waals surface area contributed by atoms with Crippen LogP contribution in [0.5, 0.6) is 5.75 Å². The number of hydrogen-bond acceptors (Lipinski definition) is 3. The fourth-order valence-corrected chi connectivity index (χ4v) is 4.25. The van der Waals surface area contributed by atoms with Crippen molar-refractivity contribution in [2.75, 3.05) is 7.11 Å². The third-order valence-corrected chi connectivity index (χ3v) is 5.89. The van der Waals surface area contributed by atoms with Crippen LogP contribution in [0.1, 0.15) is 43.2 Å². The lowest BCUT2D eigenvalue weighted by atomic mass is 9.96. The molecule has 1 aromatic heterocycles. The summed E-state index contributed by atoms with van der Waals surface area (Å²) in [6.45, 7) is 0. The van der Waals surface area contributed by atoms with Crippen LogP contribution in [0.3, 0.4) is 0 Å². The minimum atomic E-state index is 0.732. The Morgan fingerprint density at radius 3 is 2.13 bits per heavy atom. The molecule has 31 heavy (non-hydrogen) atoms. The van der Waals surface area contributed by atoms with Crippen LogP contribution in [0.4, 0.5) is 5.69 Å². The molecule has 155 valence electrons. The van der Waals surface area contributed by atoms with E-state index >= 15 is 0 Å². The van der Waals surface area contributed by atoms with Gasteiger partial charge in [0.15, 0.2) is 0 Å². The van der Waals surface area contributed by atoms with Gasteiger partial charge in [0.2, 0.25) is 0 Å². The van der Waals surface area contributed by atoms with E-state index in [1.807, 2.05) is 42.5 Å². The molecule has 0 bridgehead atoms. The molecule has 1 aliphatic rings. The van der Waals surface area contributed by atoms with Crippen LogP contribution < -0.4 is 4.74 Å². The van der Waals surface area contributed by atoms with Crippen molar-refractivity contribution in [3.8, 4) is 5.75 Å². The monoisotopic (exact) mass is 408 g/mol. The molecule has 4 nitrogen and oxygen atoms in total. The van der Waals surface area contributed by atoms with Gasteiger partial charge in [0, 0.05) is 28.8 Å². The maximum absolute atomic E-state index is 5.72. The summed E-state index contributed by atoms with van der Waals surface area (Å²) in [6, 6.07) is 26.1. The van der Waals surface area contributed by atoms with Crippen molar-refractivity contribution < 1.29 is 4.74 Å². The first kappa shape index (κ1) is 19.6. The van der Waals surface area contributed by atoms with Gasteiger partial charge in [-0.2, -0.15) is 5.10 Å². The van der Waals surface area contributed by atoms with E-state index in [0.717, 1.165) is 52.0 Å². The zero-order chi connectivity index (χ0) is 21.0. The van der Waals surface area contributed by atoms with Crippen LogP contribution in [0.25, 0.3) is 10.9 Å². The summed E-state index contributed by atoms with van der Waals surface area (Å²) in [5.41, 5.74) is 4.82. The normalized spacial score (nSPS) is 14.5. The first-order valence-corrected chi connectivity index (χ1v) is 10.9. The van der Waals surface area contributed by atoms with Crippen LogP contribution in [0.2, 0.25) is 0 Å². The molecule has 3 aromatic carbocycles. The van der Waals surface area contributed by atoms with Crippen LogP contribution in [-0.2, 0) is 0 Å². The molecule has 4 heteroatoms. The molecule has 1 aliphatic carbocycles. The highest BCUT2D eigenvalue weighted by Gasteiger charge is 2.19. The highest BCUT2D eigenvalue weighted by molar-refractivity contribution is 6.14. The predicted molar refractivity (Wildman–Crippen MR) is 126 cm³/mol. The minimum Gasteiger partial charge on any atom is -0.494 e. The second kappa shape index (κ2) is 8.76. The summed E-state index contributed by atoms with van der Waals surface area (Å²) in [7, 11) is 1.69. The second-order valence-corrected chi connectivity index (χ2v) is 7.98. The average molecular weight is 409 g/mol. The van der Waals surface area contributed by atoms with Crippen molar-refractivity contribution in [2.45, 2.75) is 32.1 Å². The van der Waals surface area contributed by atoms with Crippen LogP contribution >= 0.6 is 0 Å². The maximum Gasteiger partial charge on any atom is 0.146 e. The number of hydrogen-bond donors (Lipinski definition) is 0. The third-order valence-electron chi connectivity index (χ3n) is 5.89. The molecule has 0 atom stereocenters. The fourth-order valence-electron chi connectivity index (χ4n) is 4.25. The second-order valence-electron chi connectivity index (χ2n) is 7.98. The van der Waals surface area contributed by atoms with E-state index < -0.39 is 0 Å². The SMILES string of the molecule is COc1cc2nn([C]3CCCCC3)cc2cc1N=C(c1ccccc1)c1ccccc1. The molecule has 0 saturated heterocycles. The number of fused-ring (bicyclic) bond motifs is 1. The van der Waals surface area contributed by atoms with E-state index in [9.17, 15) is 0 Å². The van der Waals surface area contributed by atoms with Crippen molar-refractivity contribution in [3.05, 3.63) is 96.2 Å². The Labute approximate surface area is 183 Å². The largest absolute Gasteiger partial charge is 0.494 e. The van der Waals surface area contributed by atoms with Crippen molar-refractivity contribution in [2.24, 2.45) is 4.99 Å². The number of ether oxygens (including phenoxy) is 1. The number of benzene rings is 3. The van der Waals surface area contributed by atoms with E-state index in [-0.39, 0.29) is 0 Å². The Morgan fingerprint density at radius 1 is 0.871 bits per heavy atom. The smallest absolute Gasteiger partial charge is 0.146 e. The van der Waals surface area contributed by atoms with Crippen molar-refractivity contribution in [1.82, 2.24) is 9.78 Å². The van der Waals surface area contributed by atoms with Crippen molar-refractivity contribution >= 4 is 22.3 Å². The molecule has 0 N–H and O–H groups in total. The Bertz CT molecular complexity index is 1150. The molecule has 4 aromatic rings. The lowest BCUT2D eigenvalue weighted by molar-refractivity contribution is 0.416. The number of aromatic nitrogens is 2. The van der Waals surface area contributed by atoms with Gasteiger partial charge in [-0.1, -0.05) is 79.9 Å². The first-order chi connectivity index (χ1) is 15.3. The van der Waals surface area contributed by atoms with Gasteiger partial charge < -0.3 is 4.74 Å². The van der Waals surface area contributed by atoms with Gasteiger partial charge in [-0.25, -0.2) is 4.99 Å². The van der Waals surface area contributed by atoms with Crippen molar-refractivity contribution in [3.63, 3.8) is 0 Å². The molecule has 0 spiro atoms. The Balaban J connectivity index is 1.62. The lowest BCUT2D eigenvalue weighted by Gasteiger charge is -2.20. The predicted octanol–water partition coefficient (Wildman–Crippen LogP) is 6.56. The van der Waals surface area contributed by atoms with Gasteiger partial charge in [0.05, 0.1) is 24.4 Å². The molecule has 0 amide bonds. The van der Waals surface area contributed by atoms with Gasteiger partial charge >= 0.3 is 0 Å². The number of aliphatic imine (C=N–C) groups is 1. The molecular formula is C27H26N3O. The summed E-state index contributed by atoms with van der Waals surface area (Å²) < 4.78 is 7.79. The third kappa shape index (κ3) is 4.11. The molecule has 5 rings (SSSR count). The Morgan fingerprint density at radius 2 is 1.52 bits per heavy atom. The van der Waals surface area contributed by atoms with E-state index in [1.165, 1.54) is 25.3 Å². The summed E-state index contributed by atoms with van der Waals surface area (Å²) in [6.07, 6.45) is 8.21. The Kier molecular flexibility index (Phi) is 5.53. The average Bonchev–Trinajstić information content (AvgIpc) is 3.26. The van der Waals surface area contributed by atoms with E-state index in [4.69, 9.17) is 14.8 Å². The fraction of sp³-hybridized carbons (Fsp3) is 0.222. The summed E-state index contributed by atoms with van der Waals surface area (Å²) >= 11 is 0. The first-order valence-electron chi connectivity index (χ1n) is 10.9. The highest BCUT2D eigenvalue weighted by atomic mass is 16.5. The zero-order valence-electron chi connectivity index (χ0n) is 17.8. The molecule has 1 heterocycles. The summed E-state index contributed by atoms with van der Waals surface area (Å²) in [5.74, 6) is 0.732. The highest BCUT2D eigenvalue weighted by Crippen LogP contribution is 2.35. The molecule has 1 fully saturated rings. The van der Waals surface area contributed by atoms with Crippen molar-refractivity contribution in [1.29, 1.82) is 0 Å². The van der Waals surface area contributed by atoms with Gasteiger partial charge in [-0.3, -0.25) is 4.68 Å². The number of methoxy groups -OCH3 is 1. The lowest BCUT2D eigenvalue weighted by Crippen LogP contribution is -2.13. The van der Waals surface area contributed by atoms with E-state index in [0.29, 0.717) is 0 Å². The van der Waals surface area contributed by atoms with Crippen LogP contribution in [-0.4, -0.2) is 22.6 Å². The molecule has 0 unspecified atom stereocenters. The van der Waals surface area contributed by atoms with Gasteiger partial charge in [0.1, 0.15) is 11.4 Å². The standard InChI is InChI=1S/C27H26N3O/c1-31-26-18-24-22(19-30(29-24)23-15-9-4-10-16-23)17-25(26)28-27(20-11-5-2-6-12-20)21-13-7-3-8-14-21/h2-3,5-8,11-14,17-19H,4,9-10,15-16H2,1H3. The number of rotatable bonds is 5. The van der Waals surface area contributed by atoms with Crippen LogP contribution in [0, 0.1) is 6.04 Å². The van der Waals surface area contributed by atoms with E-state index in [2.05, 4.69) is 41.2 Å². The molecular weight excluding hydrogens is 382 g/mol. The topological polar surface area (TPSA) is 39.4 Å². The Hall–Kier alpha value is -3.40. The molecule has 1 radical (unpaired) electrons. The maximum atomic E-state index is 5.72. The number of nitrogens with zero attached hydrogens (tertiary/aromatic N) is 3. The van der Waals surface area contributed by atoms with Gasteiger partial charge in [0.25, 0.3) is 0 Å². The van der Waals surface area contributed by atoms with Gasteiger partial charge in [-0.05, 0) is 18.9 Å². The van der Waals surface area contributed by atoms with Gasteiger partial charge in [-0.15, -0.1) is 0 Å². The quantitative estimate of drug-likeness (QED) is 0.351. The zero-order valence-corrected chi connectivity index (χ0v) is 17.8. The summed E-state index contributed by atoms with van der Waals surface area (Å²) in [4.78, 5) is 5.09. The van der Waals surface area contributed by atoms with E-state index in [1.54, 1.807) is 7.11 Å².